The molecular weight excluding hydrogens is 240 g/mol. The lowest BCUT2D eigenvalue weighted by atomic mass is 10.2. The molecule has 19 heavy (non-hydrogen) atoms. The van der Waals surface area contributed by atoms with E-state index in [9.17, 15) is 0 Å². The van der Waals surface area contributed by atoms with Crippen LogP contribution in [0.2, 0.25) is 0 Å². The quantitative estimate of drug-likeness (QED) is 0.762. The summed E-state index contributed by atoms with van der Waals surface area (Å²) in [7, 11) is 0. The average Bonchev–Trinajstić information content (AvgIpc) is 2.70. The van der Waals surface area contributed by atoms with E-state index in [0.29, 0.717) is 19.8 Å². The molecule has 1 aromatic carbocycles. The number of hydrogen-bond acceptors (Lipinski definition) is 3. The molecule has 0 radical (unpaired) electrons. The average molecular weight is 262 g/mol. The Hall–Kier alpha value is -1.16. The molecule has 104 valence electrons. The molecule has 0 aliphatic carbocycles. The van der Waals surface area contributed by atoms with Gasteiger partial charge >= 0.3 is 0 Å². The Kier molecular flexibility index (Phi) is 4.75. The third-order valence-electron chi connectivity index (χ3n) is 2.94. The summed E-state index contributed by atoms with van der Waals surface area (Å²) in [6.07, 6.45) is 2.12. The van der Waals surface area contributed by atoms with Crippen LogP contribution in [-0.4, -0.2) is 25.1 Å². The van der Waals surface area contributed by atoms with Gasteiger partial charge in [-0.15, -0.1) is 0 Å². The third kappa shape index (κ3) is 4.78. The maximum atomic E-state index is 5.73. The van der Waals surface area contributed by atoms with Crippen molar-refractivity contribution >= 4 is 0 Å². The van der Waals surface area contributed by atoms with Crippen molar-refractivity contribution in [3.63, 3.8) is 0 Å². The topological polar surface area (TPSA) is 27.7 Å². The largest absolute Gasteiger partial charge is 0.372 e. The summed E-state index contributed by atoms with van der Waals surface area (Å²) in [6.45, 7) is 7.79. The highest BCUT2D eigenvalue weighted by atomic mass is 16.7. The van der Waals surface area contributed by atoms with Gasteiger partial charge in [-0.25, -0.2) is 0 Å². The van der Waals surface area contributed by atoms with E-state index >= 15 is 0 Å². The van der Waals surface area contributed by atoms with Gasteiger partial charge in [-0.05, 0) is 31.9 Å². The van der Waals surface area contributed by atoms with Gasteiger partial charge in [0.1, 0.15) is 6.10 Å². The van der Waals surface area contributed by atoms with Crippen LogP contribution in [0.4, 0.5) is 0 Å². The molecule has 1 heterocycles. The summed E-state index contributed by atoms with van der Waals surface area (Å²) in [6, 6.07) is 10.2. The summed E-state index contributed by atoms with van der Waals surface area (Å²) in [5.74, 6) is -0.466. The first-order valence-electron chi connectivity index (χ1n) is 6.66. The van der Waals surface area contributed by atoms with E-state index < -0.39 is 5.79 Å². The maximum absolute atomic E-state index is 5.73. The van der Waals surface area contributed by atoms with E-state index in [-0.39, 0.29) is 6.10 Å². The van der Waals surface area contributed by atoms with E-state index in [4.69, 9.17) is 14.2 Å². The monoisotopic (exact) mass is 262 g/mol. The lowest BCUT2D eigenvalue weighted by Gasteiger charge is -2.16. The zero-order valence-corrected chi connectivity index (χ0v) is 11.9. The van der Waals surface area contributed by atoms with Crippen molar-refractivity contribution in [2.45, 2.75) is 39.3 Å². The van der Waals surface area contributed by atoms with Crippen molar-refractivity contribution in [2.75, 3.05) is 13.2 Å². The molecule has 0 bridgehead atoms. The Balaban J connectivity index is 1.74. The first-order valence-corrected chi connectivity index (χ1v) is 6.66. The molecule has 0 unspecified atom stereocenters. The molecule has 1 saturated heterocycles. The standard InChI is InChI=1S/C16H22O3/c1-13(9-15-12-18-16(2,3)19-15)10-17-11-14-7-5-4-6-8-14/h4-9,15H,10-12H2,1-3H3/b13-9+/t15-/m0/s1. The fraction of sp³-hybridized carbons (Fsp3) is 0.500. The van der Waals surface area contributed by atoms with Crippen LogP contribution >= 0.6 is 0 Å². The summed E-state index contributed by atoms with van der Waals surface area (Å²) in [5.41, 5.74) is 2.36. The van der Waals surface area contributed by atoms with E-state index in [1.54, 1.807) is 0 Å². The second kappa shape index (κ2) is 6.33. The highest BCUT2D eigenvalue weighted by Gasteiger charge is 2.31. The molecule has 1 aliphatic heterocycles. The van der Waals surface area contributed by atoms with Crippen molar-refractivity contribution in [2.24, 2.45) is 0 Å². The Bertz CT molecular complexity index is 423. The van der Waals surface area contributed by atoms with Crippen molar-refractivity contribution in [3.05, 3.63) is 47.5 Å². The SMILES string of the molecule is C/C(=C\[C@H]1COC(C)(C)O1)COCc1ccccc1. The molecule has 1 atom stereocenters. The zero-order chi connectivity index (χ0) is 13.7. The molecule has 1 fully saturated rings. The molecule has 0 aromatic heterocycles. The number of ether oxygens (including phenoxy) is 3. The maximum Gasteiger partial charge on any atom is 0.163 e. The number of hydrogen-bond donors (Lipinski definition) is 0. The fourth-order valence-corrected chi connectivity index (χ4v) is 2.07. The fourth-order valence-electron chi connectivity index (χ4n) is 2.07. The van der Waals surface area contributed by atoms with Gasteiger partial charge in [0.05, 0.1) is 19.8 Å². The van der Waals surface area contributed by atoms with Crippen LogP contribution in [0.15, 0.2) is 42.0 Å². The van der Waals surface area contributed by atoms with Gasteiger partial charge in [0.15, 0.2) is 5.79 Å². The third-order valence-corrected chi connectivity index (χ3v) is 2.94. The van der Waals surface area contributed by atoms with E-state index in [2.05, 4.69) is 25.1 Å². The first-order chi connectivity index (χ1) is 9.05. The van der Waals surface area contributed by atoms with Crippen molar-refractivity contribution in [1.29, 1.82) is 0 Å². The molecule has 0 saturated carbocycles. The molecule has 1 aliphatic rings. The predicted octanol–water partition coefficient (Wildman–Crippen LogP) is 3.30. The normalized spacial score (nSPS) is 22.7. The van der Waals surface area contributed by atoms with Crippen LogP contribution in [0.5, 0.6) is 0 Å². The lowest BCUT2D eigenvalue weighted by molar-refractivity contribution is -0.133. The van der Waals surface area contributed by atoms with Crippen LogP contribution in [0.1, 0.15) is 26.3 Å². The second-order valence-corrected chi connectivity index (χ2v) is 5.36. The van der Waals surface area contributed by atoms with Gasteiger partial charge in [-0.2, -0.15) is 0 Å². The van der Waals surface area contributed by atoms with Crippen LogP contribution < -0.4 is 0 Å². The summed E-state index contributed by atoms with van der Waals surface area (Å²) < 4.78 is 16.9. The highest BCUT2D eigenvalue weighted by Crippen LogP contribution is 2.23. The Morgan fingerprint density at radius 1 is 1.37 bits per heavy atom. The molecule has 2 rings (SSSR count). The van der Waals surface area contributed by atoms with Gasteiger partial charge in [0.2, 0.25) is 0 Å². The van der Waals surface area contributed by atoms with Crippen LogP contribution in [-0.2, 0) is 20.8 Å². The molecule has 0 spiro atoms. The summed E-state index contributed by atoms with van der Waals surface area (Å²) in [5, 5.41) is 0. The van der Waals surface area contributed by atoms with Gasteiger partial charge < -0.3 is 14.2 Å². The zero-order valence-electron chi connectivity index (χ0n) is 11.9. The Morgan fingerprint density at radius 3 is 2.74 bits per heavy atom. The van der Waals surface area contributed by atoms with Gasteiger partial charge in [0, 0.05) is 0 Å². The highest BCUT2D eigenvalue weighted by molar-refractivity contribution is 5.13. The van der Waals surface area contributed by atoms with Gasteiger partial charge in [0.25, 0.3) is 0 Å². The summed E-state index contributed by atoms with van der Waals surface area (Å²) >= 11 is 0. The summed E-state index contributed by atoms with van der Waals surface area (Å²) in [4.78, 5) is 0. The molecule has 3 heteroatoms. The first kappa shape index (κ1) is 14.3. The Labute approximate surface area is 115 Å². The number of rotatable bonds is 5. The minimum atomic E-state index is -0.466. The molecular formula is C16H22O3. The second-order valence-electron chi connectivity index (χ2n) is 5.36. The molecule has 1 aromatic rings. The Morgan fingerprint density at radius 2 is 2.11 bits per heavy atom. The molecule has 0 amide bonds. The van der Waals surface area contributed by atoms with Crippen LogP contribution in [0, 0.1) is 0 Å². The van der Waals surface area contributed by atoms with Crippen molar-refractivity contribution < 1.29 is 14.2 Å². The van der Waals surface area contributed by atoms with Crippen molar-refractivity contribution in [1.82, 2.24) is 0 Å². The number of benzene rings is 1. The van der Waals surface area contributed by atoms with E-state index in [1.165, 1.54) is 11.1 Å². The minimum absolute atomic E-state index is 0.0373. The predicted molar refractivity (Wildman–Crippen MR) is 74.8 cm³/mol. The van der Waals surface area contributed by atoms with E-state index in [0.717, 1.165) is 0 Å². The van der Waals surface area contributed by atoms with Crippen molar-refractivity contribution in [3.8, 4) is 0 Å². The van der Waals surface area contributed by atoms with Crippen LogP contribution in [0.25, 0.3) is 0 Å². The van der Waals surface area contributed by atoms with Gasteiger partial charge in [-0.3, -0.25) is 0 Å². The lowest BCUT2D eigenvalue weighted by Crippen LogP contribution is -2.21. The van der Waals surface area contributed by atoms with Crippen LogP contribution in [0.3, 0.4) is 0 Å². The minimum Gasteiger partial charge on any atom is -0.372 e. The smallest absolute Gasteiger partial charge is 0.163 e. The molecule has 3 nitrogen and oxygen atoms in total. The van der Waals surface area contributed by atoms with E-state index in [1.807, 2.05) is 32.0 Å². The van der Waals surface area contributed by atoms with Gasteiger partial charge in [-0.1, -0.05) is 36.4 Å². The molecule has 0 N–H and O–H groups in total.